The summed E-state index contributed by atoms with van der Waals surface area (Å²) in [6.45, 7) is 10.5. The normalized spacial score (nSPS) is 16.4. The summed E-state index contributed by atoms with van der Waals surface area (Å²) >= 11 is 0. The SMILES string of the molecule is Cc1ccc(S(=O)(=O)n2cc(-c3ccccc3F)c3c(N4CCN(C(=O)OC(C)(C)C)C[C@H]4C)ncnc32)cc1. The Labute approximate surface area is 233 Å². The van der Waals surface area contributed by atoms with E-state index in [1.807, 2.05) is 39.5 Å². The van der Waals surface area contributed by atoms with Gasteiger partial charge < -0.3 is 14.5 Å². The van der Waals surface area contributed by atoms with Gasteiger partial charge in [-0.15, -0.1) is 0 Å². The molecule has 5 rings (SSSR count). The van der Waals surface area contributed by atoms with Crippen LogP contribution in [-0.4, -0.2) is 64.6 Å². The zero-order valence-corrected chi connectivity index (χ0v) is 23.9. The fourth-order valence-electron chi connectivity index (χ4n) is 4.89. The van der Waals surface area contributed by atoms with Gasteiger partial charge in [-0.25, -0.2) is 31.5 Å². The van der Waals surface area contributed by atoms with E-state index in [0.29, 0.717) is 36.4 Å². The summed E-state index contributed by atoms with van der Waals surface area (Å²) in [5, 5.41) is 0.417. The van der Waals surface area contributed by atoms with Crippen LogP contribution in [0, 0.1) is 12.7 Å². The van der Waals surface area contributed by atoms with E-state index in [1.54, 1.807) is 47.4 Å². The van der Waals surface area contributed by atoms with Crippen molar-refractivity contribution >= 4 is 33.0 Å². The lowest BCUT2D eigenvalue weighted by molar-refractivity contribution is 0.0218. The second-order valence-electron chi connectivity index (χ2n) is 11.0. The monoisotopic (exact) mass is 565 g/mol. The third-order valence-electron chi connectivity index (χ3n) is 6.82. The molecule has 0 spiro atoms. The number of hydrogen-bond acceptors (Lipinski definition) is 7. The molecule has 0 saturated carbocycles. The molecule has 1 atom stereocenters. The molecule has 3 heterocycles. The van der Waals surface area contributed by atoms with Crippen LogP contribution >= 0.6 is 0 Å². The van der Waals surface area contributed by atoms with Crippen molar-refractivity contribution in [2.75, 3.05) is 24.5 Å². The highest BCUT2D eigenvalue weighted by molar-refractivity contribution is 7.90. The van der Waals surface area contributed by atoms with Crippen molar-refractivity contribution in [3.63, 3.8) is 0 Å². The molecule has 4 aromatic rings. The number of rotatable bonds is 4. The Hall–Kier alpha value is -3.99. The average Bonchev–Trinajstić information content (AvgIpc) is 3.29. The molecular weight excluding hydrogens is 533 g/mol. The van der Waals surface area contributed by atoms with Gasteiger partial charge in [-0.1, -0.05) is 35.9 Å². The Kier molecular flexibility index (Phi) is 7.03. The minimum Gasteiger partial charge on any atom is -0.444 e. The molecule has 1 saturated heterocycles. The molecule has 0 N–H and O–H groups in total. The zero-order valence-electron chi connectivity index (χ0n) is 23.1. The van der Waals surface area contributed by atoms with Crippen LogP contribution in [0.2, 0.25) is 0 Å². The molecule has 11 heteroatoms. The Morgan fingerprint density at radius 1 is 1.02 bits per heavy atom. The van der Waals surface area contributed by atoms with E-state index < -0.39 is 27.5 Å². The molecule has 9 nitrogen and oxygen atoms in total. The van der Waals surface area contributed by atoms with Gasteiger partial charge in [0.2, 0.25) is 0 Å². The van der Waals surface area contributed by atoms with Crippen LogP contribution in [0.5, 0.6) is 0 Å². The number of piperazine rings is 1. The number of anilines is 1. The summed E-state index contributed by atoms with van der Waals surface area (Å²) in [6.07, 6.45) is 2.34. The van der Waals surface area contributed by atoms with E-state index >= 15 is 4.39 Å². The van der Waals surface area contributed by atoms with E-state index in [4.69, 9.17) is 4.74 Å². The molecule has 210 valence electrons. The number of hydrogen-bond donors (Lipinski definition) is 0. The summed E-state index contributed by atoms with van der Waals surface area (Å²) in [5.41, 5.74) is 1.05. The van der Waals surface area contributed by atoms with E-state index in [2.05, 4.69) is 9.97 Å². The molecule has 1 aliphatic heterocycles. The van der Waals surface area contributed by atoms with Crippen molar-refractivity contribution in [1.29, 1.82) is 0 Å². The summed E-state index contributed by atoms with van der Waals surface area (Å²) in [4.78, 5) is 25.4. The van der Waals surface area contributed by atoms with Crippen molar-refractivity contribution in [2.45, 2.75) is 51.2 Å². The van der Waals surface area contributed by atoms with Gasteiger partial charge in [0.15, 0.2) is 5.65 Å². The number of benzene rings is 2. The van der Waals surface area contributed by atoms with Gasteiger partial charge in [-0.05, 0) is 52.8 Å². The number of carbonyl (C=O) groups is 1. The standard InChI is InChI=1S/C29H32FN5O4S/c1-19-10-12-21(13-11-19)40(37,38)35-17-23(22-8-6-7-9-24(22)30)25-26(31-18-32-27(25)35)34-15-14-33(16-20(34)2)28(36)39-29(3,4)5/h6-13,17-18,20H,14-16H2,1-5H3/t20-/m1/s1. The van der Waals surface area contributed by atoms with E-state index in [9.17, 15) is 13.2 Å². The lowest BCUT2D eigenvalue weighted by Crippen LogP contribution is -2.54. The van der Waals surface area contributed by atoms with E-state index in [0.717, 1.165) is 9.54 Å². The number of fused-ring (bicyclic) bond motifs is 1. The molecule has 0 bridgehead atoms. The molecule has 2 aromatic carbocycles. The number of aryl methyl sites for hydroxylation is 1. The summed E-state index contributed by atoms with van der Waals surface area (Å²) < 4.78 is 49.4. The second-order valence-corrected chi connectivity index (χ2v) is 12.8. The highest BCUT2D eigenvalue weighted by atomic mass is 32.2. The summed E-state index contributed by atoms with van der Waals surface area (Å²) in [7, 11) is -4.06. The number of halogens is 1. The molecule has 0 radical (unpaired) electrons. The van der Waals surface area contributed by atoms with Crippen LogP contribution in [0.4, 0.5) is 15.0 Å². The largest absolute Gasteiger partial charge is 0.444 e. The predicted octanol–water partition coefficient (Wildman–Crippen LogP) is 5.23. The van der Waals surface area contributed by atoms with Crippen molar-refractivity contribution in [2.24, 2.45) is 0 Å². The van der Waals surface area contributed by atoms with Crippen LogP contribution in [0.1, 0.15) is 33.3 Å². The van der Waals surface area contributed by atoms with Crippen molar-refractivity contribution in [3.05, 3.63) is 72.4 Å². The molecule has 1 aliphatic rings. The van der Waals surface area contributed by atoms with Crippen molar-refractivity contribution in [3.8, 4) is 11.1 Å². The first kappa shape index (κ1) is 27.6. The predicted molar refractivity (Wildman–Crippen MR) is 151 cm³/mol. The van der Waals surface area contributed by atoms with Gasteiger partial charge in [0.1, 0.15) is 23.6 Å². The maximum atomic E-state index is 15.1. The first-order valence-electron chi connectivity index (χ1n) is 13.0. The van der Waals surface area contributed by atoms with Crippen molar-refractivity contribution < 1.29 is 22.3 Å². The fourth-order valence-corrected chi connectivity index (χ4v) is 6.21. The fraction of sp³-hybridized carbons (Fsp3) is 0.345. The zero-order chi connectivity index (χ0) is 28.8. The molecule has 40 heavy (non-hydrogen) atoms. The number of nitrogens with zero attached hydrogens (tertiary/aromatic N) is 5. The Morgan fingerprint density at radius 2 is 1.73 bits per heavy atom. The topological polar surface area (TPSA) is 97.6 Å². The molecule has 2 aromatic heterocycles. The first-order valence-corrected chi connectivity index (χ1v) is 14.5. The second kappa shape index (κ2) is 10.2. The van der Waals surface area contributed by atoms with E-state index in [1.165, 1.54) is 18.6 Å². The van der Waals surface area contributed by atoms with Gasteiger partial charge in [0.05, 0.1) is 10.3 Å². The number of carbonyl (C=O) groups excluding carboxylic acids is 1. The van der Waals surface area contributed by atoms with Crippen LogP contribution in [-0.2, 0) is 14.8 Å². The quantitative estimate of drug-likeness (QED) is 0.334. The van der Waals surface area contributed by atoms with Crippen LogP contribution in [0.3, 0.4) is 0 Å². The summed E-state index contributed by atoms with van der Waals surface area (Å²) in [5.74, 6) is -0.0238. The lowest BCUT2D eigenvalue weighted by atomic mass is 10.0. The highest BCUT2D eigenvalue weighted by Gasteiger charge is 2.33. The van der Waals surface area contributed by atoms with E-state index in [-0.39, 0.29) is 22.1 Å². The van der Waals surface area contributed by atoms with Crippen LogP contribution < -0.4 is 4.90 Å². The lowest BCUT2D eigenvalue weighted by Gasteiger charge is -2.41. The highest BCUT2D eigenvalue weighted by Crippen LogP contribution is 2.39. The molecule has 0 unspecified atom stereocenters. The van der Waals surface area contributed by atoms with Crippen molar-refractivity contribution in [1.82, 2.24) is 18.8 Å². The molecule has 1 fully saturated rings. The van der Waals surface area contributed by atoms with Gasteiger partial charge in [-0.2, -0.15) is 0 Å². The Bertz CT molecular complexity index is 1680. The summed E-state index contributed by atoms with van der Waals surface area (Å²) in [6, 6.07) is 12.6. The minimum absolute atomic E-state index is 0.0922. The number of aromatic nitrogens is 3. The van der Waals surface area contributed by atoms with Gasteiger partial charge in [0.25, 0.3) is 10.0 Å². The maximum Gasteiger partial charge on any atom is 0.410 e. The Balaban J connectivity index is 1.63. The van der Waals surface area contributed by atoms with Crippen LogP contribution in [0.15, 0.2) is 66.0 Å². The number of amides is 1. The molecule has 0 aliphatic carbocycles. The minimum atomic E-state index is -4.06. The van der Waals surface area contributed by atoms with Gasteiger partial charge >= 0.3 is 6.09 Å². The third kappa shape index (κ3) is 5.13. The average molecular weight is 566 g/mol. The Morgan fingerprint density at radius 3 is 2.38 bits per heavy atom. The van der Waals surface area contributed by atoms with Gasteiger partial charge in [0, 0.05) is 43.0 Å². The maximum absolute atomic E-state index is 15.1. The molecular formula is C29H32FN5O4S. The smallest absolute Gasteiger partial charge is 0.410 e. The van der Waals surface area contributed by atoms with Crippen LogP contribution in [0.25, 0.3) is 22.2 Å². The first-order chi connectivity index (χ1) is 18.9. The molecule has 1 amide bonds. The van der Waals surface area contributed by atoms with Gasteiger partial charge in [-0.3, -0.25) is 0 Å². The third-order valence-corrected chi connectivity index (χ3v) is 8.49. The number of ether oxygens (including phenoxy) is 1.